The standard InChI is InChI=1S/C12H24O6/c1-2-3-4-5-6-17-12-11(16)10(15)9(14)8(7-13)18-12/h8-16H,2-7H2,1H3/t8-,9+,10+,11-,12+/m1/s1. The van der Waals surface area contributed by atoms with Crippen molar-refractivity contribution in [1.29, 1.82) is 0 Å². The summed E-state index contributed by atoms with van der Waals surface area (Å²) in [5.41, 5.74) is 0. The molecule has 18 heavy (non-hydrogen) atoms. The van der Waals surface area contributed by atoms with Crippen molar-refractivity contribution >= 4 is 0 Å². The van der Waals surface area contributed by atoms with E-state index in [0.29, 0.717) is 6.61 Å². The Hall–Kier alpha value is -0.240. The van der Waals surface area contributed by atoms with Crippen molar-refractivity contribution in [2.75, 3.05) is 13.2 Å². The Kier molecular flexibility index (Phi) is 7.06. The van der Waals surface area contributed by atoms with Gasteiger partial charge < -0.3 is 29.9 Å². The molecule has 6 nitrogen and oxygen atoms in total. The van der Waals surface area contributed by atoms with Crippen LogP contribution in [0.1, 0.15) is 32.6 Å². The summed E-state index contributed by atoms with van der Waals surface area (Å²) in [6.45, 7) is 2.10. The van der Waals surface area contributed by atoms with Crippen LogP contribution in [0, 0.1) is 0 Å². The third-order valence-corrected chi connectivity index (χ3v) is 3.13. The Bertz CT molecular complexity index is 223. The molecule has 6 heteroatoms. The number of rotatable bonds is 7. The molecule has 0 bridgehead atoms. The van der Waals surface area contributed by atoms with E-state index < -0.39 is 37.3 Å². The lowest BCUT2D eigenvalue weighted by atomic mass is 9.99. The Balaban J connectivity index is 2.35. The third-order valence-electron chi connectivity index (χ3n) is 3.13. The van der Waals surface area contributed by atoms with Gasteiger partial charge in [-0.15, -0.1) is 0 Å². The molecule has 0 saturated carbocycles. The van der Waals surface area contributed by atoms with Crippen LogP contribution in [0.25, 0.3) is 0 Å². The maximum atomic E-state index is 9.68. The highest BCUT2D eigenvalue weighted by atomic mass is 16.7. The summed E-state index contributed by atoms with van der Waals surface area (Å²) in [5.74, 6) is 0. The van der Waals surface area contributed by atoms with Gasteiger partial charge in [0.1, 0.15) is 24.4 Å². The summed E-state index contributed by atoms with van der Waals surface area (Å²) in [6, 6.07) is 0. The minimum Gasteiger partial charge on any atom is -0.394 e. The van der Waals surface area contributed by atoms with Gasteiger partial charge in [-0.1, -0.05) is 26.2 Å². The predicted octanol–water partition coefficient (Wildman–Crippen LogP) is -0.617. The molecule has 0 unspecified atom stereocenters. The van der Waals surface area contributed by atoms with Crippen LogP contribution in [0.15, 0.2) is 0 Å². The van der Waals surface area contributed by atoms with E-state index >= 15 is 0 Å². The fourth-order valence-electron chi connectivity index (χ4n) is 1.93. The van der Waals surface area contributed by atoms with Gasteiger partial charge in [0.2, 0.25) is 0 Å². The van der Waals surface area contributed by atoms with Gasteiger partial charge in [-0.05, 0) is 6.42 Å². The predicted molar refractivity (Wildman–Crippen MR) is 63.9 cm³/mol. The van der Waals surface area contributed by atoms with Gasteiger partial charge in [0.05, 0.1) is 6.61 Å². The molecule has 0 radical (unpaired) electrons. The highest BCUT2D eigenvalue weighted by Gasteiger charge is 2.43. The normalized spacial score (nSPS) is 36.8. The molecule has 0 aromatic rings. The fourth-order valence-corrected chi connectivity index (χ4v) is 1.93. The zero-order valence-electron chi connectivity index (χ0n) is 10.7. The zero-order chi connectivity index (χ0) is 13.5. The summed E-state index contributed by atoms with van der Waals surface area (Å²) >= 11 is 0. The molecule has 1 aliphatic heterocycles. The lowest BCUT2D eigenvalue weighted by molar-refractivity contribution is -0.301. The second kappa shape index (κ2) is 8.04. The number of unbranched alkanes of at least 4 members (excludes halogenated alkanes) is 3. The van der Waals surface area contributed by atoms with Gasteiger partial charge in [0, 0.05) is 6.61 Å². The van der Waals surface area contributed by atoms with Crippen LogP contribution < -0.4 is 0 Å². The molecule has 1 fully saturated rings. The van der Waals surface area contributed by atoms with Crippen LogP contribution in [0.2, 0.25) is 0 Å². The van der Waals surface area contributed by atoms with E-state index in [-0.39, 0.29) is 0 Å². The maximum Gasteiger partial charge on any atom is 0.186 e. The molecule has 1 rings (SSSR count). The van der Waals surface area contributed by atoms with E-state index in [1.807, 2.05) is 0 Å². The first-order valence-electron chi connectivity index (χ1n) is 6.54. The summed E-state index contributed by atoms with van der Waals surface area (Å²) in [7, 11) is 0. The average Bonchev–Trinajstić information content (AvgIpc) is 2.38. The molecule has 4 N–H and O–H groups in total. The molecule has 0 aliphatic carbocycles. The van der Waals surface area contributed by atoms with Crippen LogP contribution in [-0.2, 0) is 9.47 Å². The van der Waals surface area contributed by atoms with Gasteiger partial charge in [-0.2, -0.15) is 0 Å². The molecular formula is C12H24O6. The number of hydrogen-bond acceptors (Lipinski definition) is 6. The van der Waals surface area contributed by atoms with Crippen molar-refractivity contribution in [3.05, 3.63) is 0 Å². The first-order valence-corrected chi connectivity index (χ1v) is 6.54. The summed E-state index contributed by atoms with van der Waals surface area (Å²) in [6.07, 6.45) is -1.75. The van der Waals surface area contributed by atoms with Gasteiger partial charge in [0.15, 0.2) is 6.29 Å². The van der Waals surface area contributed by atoms with E-state index in [0.717, 1.165) is 25.7 Å². The van der Waals surface area contributed by atoms with Crippen LogP contribution in [0.4, 0.5) is 0 Å². The van der Waals surface area contributed by atoms with Crippen LogP contribution >= 0.6 is 0 Å². The number of aliphatic hydroxyl groups excluding tert-OH is 4. The van der Waals surface area contributed by atoms with Crippen molar-refractivity contribution < 1.29 is 29.9 Å². The smallest absolute Gasteiger partial charge is 0.186 e. The SMILES string of the molecule is CCCCCCO[C@H]1O[C@H](CO)[C@H](O)[C@H](O)[C@H]1O. The monoisotopic (exact) mass is 264 g/mol. The van der Waals surface area contributed by atoms with Crippen molar-refractivity contribution in [1.82, 2.24) is 0 Å². The van der Waals surface area contributed by atoms with Crippen LogP contribution in [0.3, 0.4) is 0 Å². The Morgan fingerprint density at radius 2 is 1.72 bits per heavy atom. The summed E-state index contributed by atoms with van der Waals surface area (Å²) < 4.78 is 10.5. The average molecular weight is 264 g/mol. The van der Waals surface area contributed by atoms with Crippen LogP contribution in [-0.4, -0.2) is 64.3 Å². The lowest BCUT2D eigenvalue weighted by Gasteiger charge is -2.39. The van der Waals surface area contributed by atoms with Crippen molar-refractivity contribution in [3.63, 3.8) is 0 Å². The van der Waals surface area contributed by atoms with E-state index in [9.17, 15) is 15.3 Å². The number of aliphatic hydroxyl groups is 4. The van der Waals surface area contributed by atoms with E-state index in [1.165, 1.54) is 0 Å². The molecule has 1 saturated heterocycles. The summed E-state index contributed by atoms with van der Waals surface area (Å²) in [4.78, 5) is 0. The van der Waals surface area contributed by atoms with Crippen molar-refractivity contribution in [2.45, 2.75) is 63.3 Å². The first kappa shape index (κ1) is 15.8. The molecule has 5 atom stereocenters. The number of ether oxygens (including phenoxy) is 2. The van der Waals surface area contributed by atoms with Crippen molar-refractivity contribution in [2.24, 2.45) is 0 Å². The second-order valence-corrected chi connectivity index (χ2v) is 4.63. The summed E-state index contributed by atoms with van der Waals surface area (Å²) in [5, 5.41) is 37.8. The highest BCUT2D eigenvalue weighted by molar-refractivity contribution is 4.88. The van der Waals surface area contributed by atoms with E-state index in [1.54, 1.807) is 0 Å². The maximum absolute atomic E-state index is 9.68. The second-order valence-electron chi connectivity index (χ2n) is 4.63. The quantitative estimate of drug-likeness (QED) is 0.458. The molecule has 1 heterocycles. The minimum atomic E-state index is -1.36. The van der Waals surface area contributed by atoms with Gasteiger partial charge >= 0.3 is 0 Å². The lowest BCUT2D eigenvalue weighted by Crippen LogP contribution is -2.59. The molecule has 0 aromatic heterocycles. The largest absolute Gasteiger partial charge is 0.394 e. The Morgan fingerprint density at radius 1 is 1.00 bits per heavy atom. The van der Waals surface area contributed by atoms with Gasteiger partial charge in [-0.3, -0.25) is 0 Å². The molecule has 0 aromatic carbocycles. The number of hydrogen-bond donors (Lipinski definition) is 4. The molecule has 108 valence electrons. The minimum absolute atomic E-state index is 0.419. The van der Waals surface area contributed by atoms with Gasteiger partial charge in [-0.25, -0.2) is 0 Å². The van der Waals surface area contributed by atoms with E-state index in [4.69, 9.17) is 14.6 Å². The topological polar surface area (TPSA) is 99.4 Å². The molecule has 0 amide bonds. The molecular weight excluding hydrogens is 240 g/mol. The van der Waals surface area contributed by atoms with E-state index in [2.05, 4.69) is 6.92 Å². The molecule has 1 aliphatic rings. The first-order chi connectivity index (χ1) is 8.61. The van der Waals surface area contributed by atoms with Crippen LogP contribution in [0.5, 0.6) is 0 Å². The molecule has 0 spiro atoms. The zero-order valence-corrected chi connectivity index (χ0v) is 10.7. The van der Waals surface area contributed by atoms with Crippen molar-refractivity contribution in [3.8, 4) is 0 Å². The third kappa shape index (κ3) is 4.15. The fraction of sp³-hybridized carbons (Fsp3) is 1.00. The van der Waals surface area contributed by atoms with Gasteiger partial charge in [0.25, 0.3) is 0 Å². The Morgan fingerprint density at radius 3 is 2.33 bits per heavy atom. The highest BCUT2D eigenvalue weighted by Crippen LogP contribution is 2.22. The Labute approximate surface area is 107 Å².